The van der Waals surface area contributed by atoms with Gasteiger partial charge in [-0.1, -0.05) is 61.7 Å². The molecule has 0 heterocycles. The molecule has 2 rings (SSSR count). The van der Waals surface area contributed by atoms with Crippen molar-refractivity contribution in [3.63, 3.8) is 0 Å². The average Bonchev–Trinajstić information content (AvgIpc) is 2.07. The van der Waals surface area contributed by atoms with Crippen LogP contribution in [0.15, 0.2) is 24.3 Å². The van der Waals surface area contributed by atoms with Crippen LogP contribution in [0.4, 0.5) is 0 Å². The third-order valence-corrected chi connectivity index (χ3v) is 4.65. The first-order valence-electron chi connectivity index (χ1n) is 4.54. The van der Waals surface area contributed by atoms with Crippen LogP contribution in [0.25, 0.3) is 0 Å². The summed E-state index contributed by atoms with van der Waals surface area (Å²) in [6.07, 6.45) is 2.49. The molecule has 2 heteroatoms. The number of benzene rings is 1. The lowest BCUT2D eigenvalue weighted by Crippen LogP contribution is -2.33. The van der Waals surface area contributed by atoms with Crippen LogP contribution in [-0.2, 0) is 0 Å². The zero-order valence-corrected chi connectivity index (χ0v) is 10.7. The summed E-state index contributed by atoms with van der Waals surface area (Å²) in [6.45, 7) is 2.13. The van der Waals surface area contributed by atoms with Crippen molar-refractivity contribution in [1.29, 1.82) is 0 Å². The van der Waals surface area contributed by atoms with E-state index >= 15 is 0 Å². The Morgan fingerprint density at radius 2 is 1.85 bits per heavy atom. The molecule has 0 bridgehead atoms. The van der Waals surface area contributed by atoms with Gasteiger partial charge in [-0.15, -0.1) is 0 Å². The second kappa shape index (κ2) is 3.39. The minimum Gasteiger partial charge on any atom is -0.0721 e. The van der Waals surface area contributed by atoms with Crippen molar-refractivity contribution in [2.75, 3.05) is 0 Å². The summed E-state index contributed by atoms with van der Waals surface area (Å²) in [5, 5.41) is 0. The van der Waals surface area contributed by atoms with Gasteiger partial charge in [-0.2, -0.15) is 0 Å². The fourth-order valence-corrected chi connectivity index (χ4v) is 3.16. The highest BCUT2D eigenvalue weighted by Crippen LogP contribution is 2.55. The van der Waals surface area contributed by atoms with Gasteiger partial charge < -0.3 is 0 Å². The lowest BCUT2D eigenvalue weighted by Gasteiger charge is -2.41. The molecule has 0 amide bonds. The van der Waals surface area contributed by atoms with Gasteiger partial charge in [-0.05, 0) is 25.3 Å². The molecule has 1 saturated carbocycles. The Morgan fingerprint density at radius 1 is 1.23 bits per heavy atom. The standard InChI is InChI=1S/C11H12Br2/c1-8-2-4-9(5-3-8)10-6-7-11(10,12)13/h2-5,10H,6-7H2,1H3. The minimum absolute atomic E-state index is 0.162. The molecule has 0 radical (unpaired) electrons. The Bertz CT molecular complexity index is 300. The van der Waals surface area contributed by atoms with E-state index in [2.05, 4.69) is 63.0 Å². The topological polar surface area (TPSA) is 0 Å². The SMILES string of the molecule is Cc1ccc(C2CCC2(Br)Br)cc1. The molecule has 1 atom stereocenters. The molecule has 1 fully saturated rings. The molecule has 1 aliphatic carbocycles. The van der Waals surface area contributed by atoms with E-state index in [1.54, 1.807) is 0 Å². The summed E-state index contributed by atoms with van der Waals surface area (Å²) in [5.41, 5.74) is 2.77. The number of aryl methyl sites for hydroxylation is 1. The molecule has 0 aliphatic heterocycles. The normalized spacial score (nSPS) is 25.3. The Kier molecular flexibility index (Phi) is 2.54. The fourth-order valence-electron chi connectivity index (χ4n) is 1.72. The Morgan fingerprint density at radius 3 is 2.23 bits per heavy atom. The monoisotopic (exact) mass is 302 g/mol. The molecule has 13 heavy (non-hydrogen) atoms. The van der Waals surface area contributed by atoms with E-state index in [0.717, 1.165) is 0 Å². The zero-order valence-electron chi connectivity index (χ0n) is 7.56. The van der Waals surface area contributed by atoms with E-state index in [1.165, 1.54) is 24.0 Å². The molecule has 1 aromatic carbocycles. The van der Waals surface area contributed by atoms with Crippen molar-refractivity contribution in [2.45, 2.75) is 28.9 Å². The van der Waals surface area contributed by atoms with Gasteiger partial charge in [0.05, 0.1) is 3.23 Å². The molecule has 1 unspecified atom stereocenters. The van der Waals surface area contributed by atoms with Crippen LogP contribution in [0.2, 0.25) is 0 Å². The third-order valence-electron chi connectivity index (χ3n) is 2.76. The van der Waals surface area contributed by atoms with Crippen LogP contribution in [-0.4, -0.2) is 3.23 Å². The van der Waals surface area contributed by atoms with Gasteiger partial charge in [0.1, 0.15) is 0 Å². The van der Waals surface area contributed by atoms with Gasteiger partial charge in [0, 0.05) is 5.92 Å². The Hall–Kier alpha value is 0.180. The highest BCUT2D eigenvalue weighted by molar-refractivity contribution is 9.25. The van der Waals surface area contributed by atoms with Crippen LogP contribution >= 0.6 is 31.9 Å². The molecule has 0 N–H and O–H groups in total. The molecule has 0 saturated heterocycles. The van der Waals surface area contributed by atoms with Crippen molar-refractivity contribution >= 4 is 31.9 Å². The predicted octanol–water partition coefficient (Wildman–Crippen LogP) is 4.36. The van der Waals surface area contributed by atoms with Gasteiger partial charge in [-0.25, -0.2) is 0 Å². The summed E-state index contributed by atoms with van der Waals surface area (Å²) in [4.78, 5) is 0. The van der Waals surface area contributed by atoms with Gasteiger partial charge in [0.2, 0.25) is 0 Å². The van der Waals surface area contributed by atoms with Crippen LogP contribution in [0.5, 0.6) is 0 Å². The highest BCUT2D eigenvalue weighted by atomic mass is 79.9. The van der Waals surface area contributed by atoms with Crippen LogP contribution in [0, 0.1) is 6.92 Å². The van der Waals surface area contributed by atoms with Gasteiger partial charge in [-0.3, -0.25) is 0 Å². The number of alkyl halides is 2. The maximum atomic E-state index is 3.70. The van der Waals surface area contributed by atoms with Crippen molar-refractivity contribution in [3.8, 4) is 0 Å². The quantitative estimate of drug-likeness (QED) is 0.676. The van der Waals surface area contributed by atoms with Gasteiger partial charge in [0.15, 0.2) is 0 Å². The van der Waals surface area contributed by atoms with E-state index in [1.807, 2.05) is 0 Å². The fraction of sp³-hybridized carbons (Fsp3) is 0.455. The lowest BCUT2D eigenvalue weighted by atomic mass is 9.79. The number of halogens is 2. The number of rotatable bonds is 1. The average molecular weight is 304 g/mol. The number of hydrogen-bond donors (Lipinski definition) is 0. The maximum Gasteiger partial charge on any atom is 0.0873 e. The largest absolute Gasteiger partial charge is 0.0873 e. The summed E-state index contributed by atoms with van der Waals surface area (Å²) in [5.74, 6) is 0.632. The predicted molar refractivity (Wildman–Crippen MR) is 63.7 cm³/mol. The molecular formula is C11H12Br2. The summed E-state index contributed by atoms with van der Waals surface area (Å²) in [7, 11) is 0. The molecular weight excluding hydrogens is 292 g/mol. The van der Waals surface area contributed by atoms with Gasteiger partial charge >= 0.3 is 0 Å². The highest BCUT2D eigenvalue weighted by Gasteiger charge is 2.43. The minimum atomic E-state index is 0.162. The van der Waals surface area contributed by atoms with Gasteiger partial charge in [0.25, 0.3) is 0 Å². The first-order valence-corrected chi connectivity index (χ1v) is 6.12. The van der Waals surface area contributed by atoms with Crippen molar-refractivity contribution < 1.29 is 0 Å². The molecule has 70 valence electrons. The van der Waals surface area contributed by atoms with Crippen molar-refractivity contribution in [1.82, 2.24) is 0 Å². The lowest BCUT2D eigenvalue weighted by molar-refractivity contribution is 0.418. The van der Waals surface area contributed by atoms with Crippen LogP contribution in [0.3, 0.4) is 0 Å². The Labute approximate surface area is 96.0 Å². The van der Waals surface area contributed by atoms with Crippen molar-refractivity contribution in [2.24, 2.45) is 0 Å². The summed E-state index contributed by atoms with van der Waals surface area (Å²) < 4.78 is 0.162. The molecule has 1 aromatic rings. The number of hydrogen-bond acceptors (Lipinski definition) is 0. The first-order chi connectivity index (χ1) is 6.09. The summed E-state index contributed by atoms with van der Waals surface area (Å²) in [6, 6.07) is 8.83. The maximum absolute atomic E-state index is 3.70. The van der Waals surface area contributed by atoms with Crippen LogP contribution < -0.4 is 0 Å². The molecule has 1 aliphatic rings. The van der Waals surface area contributed by atoms with E-state index in [9.17, 15) is 0 Å². The Balaban J connectivity index is 2.22. The van der Waals surface area contributed by atoms with E-state index in [4.69, 9.17) is 0 Å². The smallest absolute Gasteiger partial charge is 0.0721 e. The summed E-state index contributed by atoms with van der Waals surface area (Å²) >= 11 is 7.41. The molecule has 0 aromatic heterocycles. The zero-order chi connectivity index (χ0) is 9.47. The molecule has 0 nitrogen and oxygen atoms in total. The third kappa shape index (κ3) is 1.84. The second-order valence-corrected chi connectivity index (χ2v) is 7.66. The van der Waals surface area contributed by atoms with E-state index in [0.29, 0.717) is 5.92 Å². The van der Waals surface area contributed by atoms with E-state index in [-0.39, 0.29) is 3.23 Å². The second-order valence-electron chi connectivity index (χ2n) is 3.76. The molecule has 0 spiro atoms. The van der Waals surface area contributed by atoms with Crippen LogP contribution in [0.1, 0.15) is 29.9 Å². The van der Waals surface area contributed by atoms with Crippen molar-refractivity contribution in [3.05, 3.63) is 35.4 Å². The van der Waals surface area contributed by atoms with E-state index < -0.39 is 0 Å². The first kappa shape index (κ1) is 9.72.